The van der Waals surface area contributed by atoms with Crippen molar-refractivity contribution in [2.75, 3.05) is 0 Å². The molecule has 0 aromatic rings. The summed E-state index contributed by atoms with van der Waals surface area (Å²) in [6.45, 7) is 5.75. The fraction of sp³-hybridized carbons (Fsp3) is 0.947. The lowest BCUT2D eigenvalue weighted by atomic mass is 10.00. The van der Waals surface area contributed by atoms with Crippen LogP contribution in [-0.4, -0.2) is 29.8 Å². The standard InChI is InChI=1S/C19H36N2O2/c1-19(2,3)23-18(22)21-17-14-10-6-9-13-16(17)20-15-11-7-4-5-8-12-15/h15-17,20H,4-14H2,1-3H3,(H,21,22). The van der Waals surface area contributed by atoms with Gasteiger partial charge in [0.1, 0.15) is 5.60 Å². The minimum absolute atomic E-state index is 0.204. The Labute approximate surface area is 142 Å². The van der Waals surface area contributed by atoms with Crippen LogP contribution in [0.3, 0.4) is 0 Å². The molecule has 2 aliphatic carbocycles. The van der Waals surface area contributed by atoms with Crippen LogP contribution in [0.2, 0.25) is 0 Å². The Hall–Kier alpha value is -0.770. The Balaban J connectivity index is 1.91. The van der Waals surface area contributed by atoms with Crippen LogP contribution in [-0.2, 0) is 4.74 Å². The first-order chi connectivity index (χ1) is 10.9. The predicted molar refractivity (Wildman–Crippen MR) is 94.7 cm³/mol. The lowest BCUT2D eigenvalue weighted by molar-refractivity contribution is 0.0487. The van der Waals surface area contributed by atoms with Crippen molar-refractivity contribution in [1.29, 1.82) is 0 Å². The zero-order chi connectivity index (χ0) is 16.7. The van der Waals surface area contributed by atoms with Crippen LogP contribution >= 0.6 is 0 Å². The Bertz CT molecular complexity index is 357. The molecule has 1 amide bonds. The van der Waals surface area contributed by atoms with E-state index in [0.717, 1.165) is 12.8 Å². The highest BCUT2D eigenvalue weighted by molar-refractivity contribution is 5.68. The number of nitrogens with one attached hydrogen (secondary N) is 2. The molecule has 0 aromatic carbocycles. The third-order valence-electron chi connectivity index (χ3n) is 5.02. The number of hydrogen-bond donors (Lipinski definition) is 2. The predicted octanol–water partition coefficient (Wildman–Crippen LogP) is 4.52. The molecular formula is C19H36N2O2. The molecule has 2 unspecified atom stereocenters. The van der Waals surface area contributed by atoms with Gasteiger partial charge in [0, 0.05) is 18.1 Å². The summed E-state index contributed by atoms with van der Waals surface area (Å²) in [5.74, 6) is 0. The molecule has 0 aromatic heterocycles. The molecule has 0 bridgehead atoms. The van der Waals surface area contributed by atoms with Crippen LogP contribution in [0.25, 0.3) is 0 Å². The normalized spacial score (nSPS) is 27.8. The monoisotopic (exact) mass is 324 g/mol. The molecule has 23 heavy (non-hydrogen) atoms. The third kappa shape index (κ3) is 7.11. The van der Waals surface area contributed by atoms with Gasteiger partial charge >= 0.3 is 6.09 Å². The zero-order valence-corrected chi connectivity index (χ0v) is 15.3. The van der Waals surface area contributed by atoms with E-state index in [9.17, 15) is 4.79 Å². The second-order valence-electron chi connectivity index (χ2n) is 8.35. The molecule has 4 nitrogen and oxygen atoms in total. The van der Waals surface area contributed by atoms with E-state index in [1.165, 1.54) is 57.8 Å². The maximum atomic E-state index is 12.2. The second-order valence-corrected chi connectivity index (χ2v) is 8.35. The van der Waals surface area contributed by atoms with Gasteiger partial charge < -0.3 is 15.4 Å². The van der Waals surface area contributed by atoms with Crippen LogP contribution < -0.4 is 10.6 Å². The second kappa shape index (κ2) is 8.91. The molecule has 0 radical (unpaired) electrons. The summed E-state index contributed by atoms with van der Waals surface area (Å²) in [6.07, 6.45) is 13.7. The van der Waals surface area contributed by atoms with Gasteiger partial charge in [-0.2, -0.15) is 0 Å². The van der Waals surface area contributed by atoms with E-state index in [1.54, 1.807) is 0 Å². The fourth-order valence-electron chi connectivity index (χ4n) is 3.89. The molecule has 2 rings (SSSR count). The Kier molecular flexibility index (Phi) is 7.19. The average molecular weight is 325 g/mol. The number of alkyl carbamates (subject to hydrolysis) is 1. The first-order valence-electron chi connectivity index (χ1n) is 9.69. The van der Waals surface area contributed by atoms with Crippen LogP contribution in [0.5, 0.6) is 0 Å². The maximum absolute atomic E-state index is 12.2. The zero-order valence-electron chi connectivity index (χ0n) is 15.3. The summed E-state index contributed by atoms with van der Waals surface area (Å²) in [7, 11) is 0. The van der Waals surface area contributed by atoms with Gasteiger partial charge in [-0.05, 0) is 46.5 Å². The molecule has 0 aliphatic heterocycles. The highest BCUT2D eigenvalue weighted by atomic mass is 16.6. The fourth-order valence-corrected chi connectivity index (χ4v) is 3.89. The van der Waals surface area contributed by atoms with Crippen LogP contribution in [0, 0.1) is 0 Å². The van der Waals surface area contributed by atoms with Gasteiger partial charge in [-0.3, -0.25) is 0 Å². The molecule has 2 N–H and O–H groups in total. The number of rotatable bonds is 3. The Morgan fingerprint density at radius 2 is 1.35 bits per heavy atom. The van der Waals surface area contributed by atoms with Crippen molar-refractivity contribution in [3.05, 3.63) is 0 Å². The van der Waals surface area contributed by atoms with Crippen molar-refractivity contribution < 1.29 is 9.53 Å². The highest BCUT2D eigenvalue weighted by Gasteiger charge is 2.29. The summed E-state index contributed by atoms with van der Waals surface area (Å²) < 4.78 is 5.46. The summed E-state index contributed by atoms with van der Waals surface area (Å²) >= 11 is 0. The number of carbonyl (C=O) groups excluding carboxylic acids is 1. The molecule has 4 heteroatoms. The van der Waals surface area contributed by atoms with Gasteiger partial charge in [0.15, 0.2) is 0 Å². The van der Waals surface area contributed by atoms with Gasteiger partial charge in [0.2, 0.25) is 0 Å². The lowest BCUT2D eigenvalue weighted by Crippen LogP contribution is -2.53. The van der Waals surface area contributed by atoms with Crippen molar-refractivity contribution in [2.24, 2.45) is 0 Å². The van der Waals surface area contributed by atoms with E-state index in [4.69, 9.17) is 4.74 Å². The molecule has 0 heterocycles. The number of hydrogen-bond acceptors (Lipinski definition) is 3. The van der Waals surface area contributed by atoms with E-state index in [2.05, 4.69) is 10.6 Å². The van der Waals surface area contributed by atoms with E-state index in [-0.39, 0.29) is 12.1 Å². The van der Waals surface area contributed by atoms with Crippen molar-refractivity contribution in [3.63, 3.8) is 0 Å². The number of carbonyl (C=O) groups is 1. The molecule has 2 aliphatic rings. The van der Waals surface area contributed by atoms with Crippen LogP contribution in [0.1, 0.15) is 91.4 Å². The minimum Gasteiger partial charge on any atom is -0.444 e. The van der Waals surface area contributed by atoms with Crippen molar-refractivity contribution in [1.82, 2.24) is 10.6 Å². The minimum atomic E-state index is -0.432. The largest absolute Gasteiger partial charge is 0.444 e. The molecule has 2 atom stereocenters. The summed E-state index contributed by atoms with van der Waals surface area (Å²) in [6, 6.07) is 1.23. The van der Waals surface area contributed by atoms with Crippen molar-refractivity contribution in [3.8, 4) is 0 Å². The number of amides is 1. The van der Waals surface area contributed by atoms with E-state index in [0.29, 0.717) is 12.1 Å². The third-order valence-corrected chi connectivity index (χ3v) is 5.02. The first-order valence-corrected chi connectivity index (χ1v) is 9.69. The van der Waals surface area contributed by atoms with E-state index in [1.807, 2.05) is 20.8 Å². The topological polar surface area (TPSA) is 50.4 Å². The Morgan fingerprint density at radius 1 is 0.826 bits per heavy atom. The molecule has 0 spiro atoms. The van der Waals surface area contributed by atoms with Gasteiger partial charge in [-0.25, -0.2) is 4.79 Å². The highest BCUT2D eigenvalue weighted by Crippen LogP contribution is 2.23. The molecule has 134 valence electrons. The van der Waals surface area contributed by atoms with E-state index < -0.39 is 5.60 Å². The quantitative estimate of drug-likeness (QED) is 0.750. The van der Waals surface area contributed by atoms with Crippen molar-refractivity contribution in [2.45, 2.75) is 115 Å². The average Bonchev–Trinajstić information content (AvgIpc) is 2.81. The van der Waals surface area contributed by atoms with E-state index >= 15 is 0 Å². The lowest BCUT2D eigenvalue weighted by Gasteiger charge is -2.31. The summed E-state index contributed by atoms with van der Waals surface area (Å²) in [5, 5.41) is 7.03. The smallest absolute Gasteiger partial charge is 0.407 e. The Morgan fingerprint density at radius 3 is 1.96 bits per heavy atom. The molecule has 2 fully saturated rings. The summed E-state index contributed by atoms with van der Waals surface area (Å²) in [5.41, 5.74) is -0.432. The molecule has 0 saturated heterocycles. The van der Waals surface area contributed by atoms with Gasteiger partial charge in [0.25, 0.3) is 0 Å². The first kappa shape index (κ1) is 18.6. The van der Waals surface area contributed by atoms with Gasteiger partial charge in [0.05, 0.1) is 0 Å². The number of ether oxygens (including phenoxy) is 1. The van der Waals surface area contributed by atoms with Gasteiger partial charge in [-0.15, -0.1) is 0 Å². The molecular weight excluding hydrogens is 288 g/mol. The van der Waals surface area contributed by atoms with Crippen LogP contribution in [0.4, 0.5) is 4.79 Å². The maximum Gasteiger partial charge on any atom is 0.407 e. The van der Waals surface area contributed by atoms with Gasteiger partial charge in [-0.1, -0.05) is 44.9 Å². The van der Waals surface area contributed by atoms with Crippen LogP contribution in [0.15, 0.2) is 0 Å². The van der Waals surface area contributed by atoms with Crippen molar-refractivity contribution >= 4 is 6.09 Å². The SMILES string of the molecule is CC(C)(C)OC(=O)NC1CCCCCC1NC1CCCCCC1. The summed E-state index contributed by atoms with van der Waals surface area (Å²) in [4.78, 5) is 12.2. The molecule has 2 saturated carbocycles.